The van der Waals surface area contributed by atoms with Crippen LogP contribution in [0.4, 0.5) is 0 Å². The van der Waals surface area contributed by atoms with Crippen LogP contribution in [0.3, 0.4) is 0 Å². The lowest BCUT2D eigenvalue weighted by Crippen LogP contribution is -2.35. The number of amides is 1. The van der Waals surface area contributed by atoms with Crippen LogP contribution >= 0.6 is 0 Å². The molecular weight excluding hydrogens is 364 g/mol. The number of hydrogen-bond acceptors (Lipinski definition) is 4. The average molecular weight is 390 g/mol. The lowest BCUT2D eigenvalue weighted by molar-refractivity contribution is -0.130. The molecule has 7 heteroatoms. The van der Waals surface area contributed by atoms with Crippen molar-refractivity contribution in [1.29, 1.82) is 0 Å². The highest BCUT2D eigenvalue weighted by Gasteiger charge is 2.30. The molecule has 1 saturated carbocycles. The Balaban J connectivity index is 1.29. The Morgan fingerprint density at radius 2 is 1.86 bits per heavy atom. The van der Waals surface area contributed by atoms with Crippen molar-refractivity contribution in [2.45, 2.75) is 52.0 Å². The second-order valence-electron chi connectivity index (χ2n) is 8.09. The summed E-state index contributed by atoms with van der Waals surface area (Å²) in [5.41, 5.74) is 3.98. The molecular formula is C22H26N6O. The number of para-hydroxylation sites is 1. The predicted molar refractivity (Wildman–Crippen MR) is 109 cm³/mol. The number of aromatic nitrogens is 5. The average Bonchev–Trinajstić information content (AvgIpc) is 3.49. The van der Waals surface area contributed by atoms with E-state index in [2.05, 4.69) is 10.2 Å². The smallest absolute Gasteiger partial charge is 0.227 e. The van der Waals surface area contributed by atoms with Gasteiger partial charge in [-0.1, -0.05) is 18.2 Å². The van der Waals surface area contributed by atoms with Crippen LogP contribution in [-0.2, 0) is 24.2 Å². The summed E-state index contributed by atoms with van der Waals surface area (Å²) in [7, 11) is 0. The Morgan fingerprint density at radius 3 is 2.62 bits per heavy atom. The van der Waals surface area contributed by atoms with Gasteiger partial charge in [0.1, 0.15) is 5.82 Å². The number of hydrogen-bond donors (Lipinski definition) is 0. The Labute approximate surface area is 170 Å². The largest absolute Gasteiger partial charge is 0.340 e. The predicted octanol–water partition coefficient (Wildman–Crippen LogP) is 2.59. The normalized spacial score (nSPS) is 16.6. The summed E-state index contributed by atoms with van der Waals surface area (Å²) in [4.78, 5) is 19.7. The minimum Gasteiger partial charge on any atom is -0.340 e. The van der Waals surface area contributed by atoms with E-state index < -0.39 is 0 Å². The molecule has 3 aromatic rings. The van der Waals surface area contributed by atoms with Crippen LogP contribution in [0.2, 0.25) is 0 Å². The van der Waals surface area contributed by atoms with Crippen LogP contribution < -0.4 is 0 Å². The molecule has 1 amide bonds. The zero-order valence-electron chi connectivity index (χ0n) is 17.0. The van der Waals surface area contributed by atoms with Crippen molar-refractivity contribution in [3.8, 4) is 5.69 Å². The van der Waals surface area contributed by atoms with Crippen LogP contribution in [0.5, 0.6) is 0 Å². The van der Waals surface area contributed by atoms with Gasteiger partial charge in [-0.3, -0.25) is 4.79 Å². The molecule has 3 heterocycles. The molecule has 1 aliphatic carbocycles. The van der Waals surface area contributed by atoms with Crippen LogP contribution in [0.1, 0.15) is 47.4 Å². The standard InChI is InChI=1S/C22H26N6O/c1-15-19(16(2)28(24-15)18-6-4-3-5-7-18)14-21(29)26-11-10-20-23-22(17-8-9-17)25-27(20)13-12-26/h3-7,17H,8-14H2,1-2H3. The first-order valence-corrected chi connectivity index (χ1v) is 10.4. The van der Waals surface area contributed by atoms with Gasteiger partial charge >= 0.3 is 0 Å². The molecule has 2 aromatic heterocycles. The number of benzene rings is 1. The Bertz CT molecular complexity index is 1020. The third-order valence-corrected chi connectivity index (χ3v) is 6.02. The van der Waals surface area contributed by atoms with Gasteiger partial charge in [0, 0.05) is 36.7 Å². The van der Waals surface area contributed by atoms with Gasteiger partial charge in [-0.2, -0.15) is 10.2 Å². The molecule has 5 rings (SSSR count). The minimum absolute atomic E-state index is 0.150. The Kier molecular flexibility index (Phi) is 4.45. The molecule has 0 unspecified atom stereocenters. The van der Waals surface area contributed by atoms with Crippen molar-refractivity contribution < 1.29 is 4.79 Å². The molecule has 0 saturated heterocycles. The fraction of sp³-hybridized carbons (Fsp3) is 0.455. The summed E-state index contributed by atoms with van der Waals surface area (Å²) in [5.74, 6) is 2.74. The number of nitrogens with zero attached hydrogens (tertiary/aromatic N) is 6. The summed E-state index contributed by atoms with van der Waals surface area (Å²) in [5, 5.41) is 9.35. The van der Waals surface area contributed by atoms with E-state index in [-0.39, 0.29) is 5.91 Å². The van der Waals surface area contributed by atoms with Gasteiger partial charge < -0.3 is 4.90 Å². The SMILES string of the molecule is Cc1nn(-c2ccccc2)c(C)c1CC(=O)N1CCc2nc(C3CC3)nn2CC1. The molecule has 0 bridgehead atoms. The zero-order chi connectivity index (χ0) is 20.0. The number of rotatable bonds is 4. The maximum atomic E-state index is 13.1. The van der Waals surface area contributed by atoms with E-state index in [1.54, 1.807) is 0 Å². The molecule has 0 N–H and O–H groups in total. The summed E-state index contributed by atoms with van der Waals surface area (Å²) in [6, 6.07) is 10.1. The van der Waals surface area contributed by atoms with Crippen molar-refractivity contribution in [2.24, 2.45) is 0 Å². The van der Waals surface area contributed by atoms with Gasteiger partial charge in [-0.25, -0.2) is 14.3 Å². The van der Waals surface area contributed by atoms with E-state index in [0.717, 1.165) is 47.3 Å². The fourth-order valence-electron chi connectivity index (χ4n) is 4.10. The third kappa shape index (κ3) is 3.45. The van der Waals surface area contributed by atoms with Gasteiger partial charge in [-0.05, 0) is 38.8 Å². The number of carbonyl (C=O) groups excluding carboxylic acids is 1. The van der Waals surface area contributed by atoms with Crippen LogP contribution in [0, 0.1) is 13.8 Å². The lowest BCUT2D eigenvalue weighted by atomic mass is 10.1. The molecule has 150 valence electrons. The maximum absolute atomic E-state index is 13.1. The highest BCUT2D eigenvalue weighted by Crippen LogP contribution is 2.38. The van der Waals surface area contributed by atoms with E-state index in [1.165, 1.54) is 12.8 Å². The second-order valence-corrected chi connectivity index (χ2v) is 8.09. The molecule has 0 spiro atoms. The van der Waals surface area contributed by atoms with Crippen molar-refractivity contribution in [3.63, 3.8) is 0 Å². The van der Waals surface area contributed by atoms with Gasteiger partial charge in [-0.15, -0.1) is 0 Å². The molecule has 0 atom stereocenters. The van der Waals surface area contributed by atoms with Gasteiger partial charge in [0.15, 0.2) is 5.82 Å². The van der Waals surface area contributed by atoms with Crippen molar-refractivity contribution in [3.05, 3.63) is 58.9 Å². The molecule has 7 nitrogen and oxygen atoms in total. The first kappa shape index (κ1) is 18.1. The molecule has 1 fully saturated rings. The topological polar surface area (TPSA) is 68.8 Å². The Morgan fingerprint density at radius 1 is 1.07 bits per heavy atom. The highest BCUT2D eigenvalue weighted by molar-refractivity contribution is 5.79. The number of carbonyl (C=O) groups is 1. The zero-order valence-corrected chi connectivity index (χ0v) is 17.0. The fourth-order valence-corrected chi connectivity index (χ4v) is 4.10. The third-order valence-electron chi connectivity index (χ3n) is 6.02. The first-order valence-electron chi connectivity index (χ1n) is 10.4. The Hall–Kier alpha value is -2.96. The lowest BCUT2D eigenvalue weighted by Gasteiger charge is -2.20. The second kappa shape index (κ2) is 7.13. The minimum atomic E-state index is 0.150. The van der Waals surface area contributed by atoms with Crippen LogP contribution in [0.15, 0.2) is 30.3 Å². The number of aryl methyl sites for hydroxylation is 1. The van der Waals surface area contributed by atoms with E-state index in [9.17, 15) is 4.79 Å². The monoisotopic (exact) mass is 390 g/mol. The van der Waals surface area contributed by atoms with E-state index >= 15 is 0 Å². The highest BCUT2D eigenvalue weighted by atomic mass is 16.2. The quantitative estimate of drug-likeness (QED) is 0.687. The molecule has 1 aromatic carbocycles. The molecule has 29 heavy (non-hydrogen) atoms. The van der Waals surface area contributed by atoms with Crippen molar-refractivity contribution >= 4 is 5.91 Å². The maximum Gasteiger partial charge on any atom is 0.227 e. The van der Waals surface area contributed by atoms with E-state index in [1.807, 2.05) is 58.4 Å². The summed E-state index contributed by atoms with van der Waals surface area (Å²) >= 11 is 0. The summed E-state index contributed by atoms with van der Waals surface area (Å²) in [6.45, 7) is 6.13. The van der Waals surface area contributed by atoms with E-state index in [0.29, 0.717) is 25.4 Å². The number of fused-ring (bicyclic) bond motifs is 1. The van der Waals surface area contributed by atoms with Crippen molar-refractivity contribution in [2.75, 3.05) is 13.1 Å². The molecule has 0 radical (unpaired) electrons. The summed E-state index contributed by atoms with van der Waals surface area (Å²) in [6.07, 6.45) is 3.58. The van der Waals surface area contributed by atoms with Crippen LogP contribution in [-0.4, -0.2) is 48.4 Å². The van der Waals surface area contributed by atoms with Gasteiger partial charge in [0.05, 0.1) is 24.3 Å². The molecule has 1 aliphatic heterocycles. The van der Waals surface area contributed by atoms with E-state index in [4.69, 9.17) is 4.98 Å². The molecule has 2 aliphatic rings. The van der Waals surface area contributed by atoms with Gasteiger partial charge in [0.25, 0.3) is 0 Å². The first-order chi connectivity index (χ1) is 14.1. The van der Waals surface area contributed by atoms with Gasteiger partial charge in [0.2, 0.25) is 5.91 Å². The van der Waals surface area contributed by atoms with Crippen LogP contribution in [0.25, 0.3) is 5.69 Å². The summed E-state index contributed by atoms with van der Waals surface area (Å²) < 4.78 is 3.93. The van der Waals surface area contributed by atoms with Crippen molar-refractivity contribution in [1.82, 2.24) is 29.4 Å².